The number of piperidine rings is 1. The molecule has 0 saturated carbocycles. The van der Waals surface area contributed by atoms with E-state index in [0.29, 0.717) is 38.4 Å². The van der Waals surface area contributed by atoms with Crippen LogP contribution in [0.5, 0.6) is 0 Å². The lowest BCUT2D eigenvalue weighted by Gasteiger charge is -2.30. The van der Waals surface area contributed by atoms with Gasteiger partial charge in [0.1, 0.15) is 5.82 Å². The van der Waals surface area contributed by atoms with Crippen LogP contribution in [0.3, 0.4) is 0 Å². The second-order valence-electron chi connectivity index (χ2n) is 7.62. The monoisotopic (exact) mass is 412 g/mol. The number of carbonyl (C=O) groups is 3. The van der Waals surface area contributed by atoms with Crippen molar-refractivity contribution in [3.05, 3.63) is 42.1 Å². The highest BCUT2D eigenvalue weighted by molar-refractivity contribution is 5.96. The summed E-state index contributed by atoms with van der Waals surface area (Å²) in [5, 5.41) is 7.32. The van der Waals surface area contributed by atoms with Crippen molar-refractivity contribution in [2.75, 3.05) is 25.0 Å². The number of hydrogen-bond donors (Lipinski definition) is 1. The summed E-state index contributed by atoms with van der Waals surface area (Å²) < 4.78 is 6.66. The van der Waals surface area contributed by atoms with E-state index in [1.807, 2.05) is 30.3 Å². The summed E-state index contributed by atoms with van der Waals surface area (Å²) in [5.41, 5.74) is 1.00. The molecule has 1 aromatic heterocycles. The SMILES string of the molecule is CCOC(=O)C1CCN(C(=O)c2cc(NC(=O)C(C)C)n(-c3ccccc3)n2)CC1. The average molecular weight is 412 g/mol. The van der Waals surface area contributed by atoms with Gasteiger partial charge in [0.15, 0.2) is 5.69 Å². The Kier molecular flexibility index (Phi) is 6.87. The smallest absolute Gasteiger partial charge is 0.309 e. The topological polar surface area (TPSA) is 93.5 Å². The maximum absolute atomic E-state index is 13.0. The third-order valence-corrected chi connectivity index (χ3v) is 5.11. The van der Waals surface area contributed by atoms with Crippen LogP contribution < -0.4 is 5.32 Å². The van der Waals surface area contributed by atoms with Crippen LogP contribution in [0.25, 0.3) is 5.69 Å². The summed E-state index contributed by atoms with van der Waals surface area (Å²) in [7, 11) is 0. The standard InChI is InChI=1S/C22H28N4O4/c1-4-30-22(29)16-10-12-25(13-11-16)21(28)18-14-19(23-20(27)15(2)3)26(24-18)17-8-6-5-7-9-17/h5-9,14-16H,4,10-13H2,1-3H3,(H,23,27). The number of esters is 1. The minimum atomic E-state index is -0.216. The average Bonchev–Trinajstić information content (AvgIpc) is 3.17. The molecule has 1 saturated heterocycles. The molecule has 8 nitrogen and oxygen atoms in total. The number of nitrogens with one attached hydrogen (secondary N) is 1. The molecular weight excluding hydrogens is 384 g/mol. The number of amides is 2. The normalized spacial score (nSPS) is 14.6. The molecule has 1 aliphatic rings. The molecule has 0 atom stereocenters. The number of rotatable bonds is 6. The van der Waals surface area contributed by atoms with Gasteiger partial charge in [-0.15, -0.1) is 0 Å². The summed E-state index contributed by atoms with van der Waals surface area (Å²) in [6.07, 6.45) is 1.14. The van der Waals surface area contributed by atoms with E-state index >= 15 is 0 Å². The predicted molar refractivity (Wildman–Crippen MR) is 112 cm³/mol. The molecule has 1 N–H and O–H groups in total. The van der Waals surface area contributed by atoms with Crippen molar-refractivity contribution in [1.29, 1.82) is 0 Å². The molecular formula is C22H28N4O4. The van der Waals surface area contributed by atoms with Crippen molar-refractivity contribution in [3.63, 3.8) is 0 Å². The first-order valence-corrected chi connectivity index (χ1v) is 10.3. The summed E-state index contributed by atoms with van der Waals surface area (Å²) in [6.45, 7) is 6.69. The fourth-order valence-electron chi connectivity index (χ4n) is 3.35. The molecule has 0 radical (unpaired) electrons. The summed E-state index contributed by atoms with van der Waals surface area (Å²) >= 11 is 0. The Hall–Kier alpha value is -3.16. The van der Waals surface area contributed by atoms with Crippen molar-refractivity contribution >= 4 is 23.6 Å². The maximum Gasteiger partial charge on any atom is 0.309 e. The van der Waals surface area contributed by atoms with Crippen LogP contribution in [0, 0.1) is 11.8 Å². The quantitative estimate of drug-likeness (QED) is 0.737. The predicted octanol–water partition coefficient (Wildman–Crippen LogP) is 2.88. The van der Waals surface area contributed by atoms with Crippen LogP contribution in [0.1, 0.15) is 44.1 Å². The molecule has 1 aliphatic heterocycles. The highest BCUT2D eigenvalue weighted by atomic mass is 16.5. The number of benzene rings is 1. The van der Waals surface area contributed by atoms with Gasteiger partial charge in [-0.2, -0.15) is 5.10 Å². The van der Waals surface area contributed by atoms with Gasteiger partial charge in [-0.25, -0.2) is 4.68 Å². The zero-order valence-electron chi connectivity index (χ0n) is 17.6. The molecule has 3 rings (SSSR count). The molecule has 8 heteroatoms. The van der Waals surface area contributed by atoms with Gasteiger partial charge in [0.05, 0.1) is 18.2 Å². The van der Waals surface area contributed by atoms with Crippen molar-refractivity contribution in [2.24, 2.45) is 11.8 Å². The number of carbonyl (C=O) groups excluding carboxylic acids is 3. The van der Waals surface area contributed by atoms with Crippen LogP contribution in [-0.4, -0.2) is 52.2 Å². The number of ether oxygens (including phenoxy) is 1. The first kappa shape index (κ1) is 21.5. The van der Waals surface area contributed by atoms with E-state index in [-0.39, 0.29) is 35.3 Å². The lowest BCUT2D eigenvalue weighted by molar-refractivity contribution is -0.149. The van der Waals surface area contributed by atoms with Gasteiger partial charge < -0.3 is 15.0 Å². The van der Waals surface area contributed by atoms with E-state index in [1.54, 1.807) is 36.4 Å². The van der Waals surface area contributed by atoms with Crippen LogP contribution in [0.4, 0.5) is 5.82 Å². The molecule has 2 heterocycles. The van der Waals surface area contributed by atoms with Gasteiger partial charge in [0.2, 0.25) is 5.91 Å². The zero-order valence-corrected chi connectivity index (χ0v) is 17.6. The minimum Gasteiger partial charge on any atom is -0.466 e. The molecule has 160 valence electrons. The first-order chi connectivity index (χ1) is 14.4. The first-order valence-electron chi connectivity index (χ1n) is 10.3. The Bertz CT molecular complexity index is 899. The molecule has 0 aliphatic carbocycles. The van der Waals surface area contributed by atoms with Gasteiger partial charge in [0.25, 0.3) is 5.91 Å². The second-order valence-corrected chi connectivity index (χ2v) is 7.62. The third kappa shape index (κ3) is 4.87. The van der Waals surface area contributed by atoms with E-state index < -0.39 is 0 Å². The lowest BCUT2D eigenvalue weighted by Crippen LogP contribution is -2.40. The minimum absolute atomic E-state index is 0.152. The molecule has 1 fully saturated rings. The van der Waals surface area contributed by atoms with E-state index in [9.17, 15) is 14.4 Å². The number of nitrogens with zero attached hydrogens (tertiary/aromatic N) is 3. The molecule has 0 spiro atoms. The second kappa shape index (κ2) is 9.56. The Labute approximate surface area is 176 Å². The molecule has 0 bridgehead atoms. The molecule has 2 aromatic rings. The van der Waals surface area contributed by atoms with Crippen LogP contribution in [0.2, 0.25) is 0 Å². The largest absolute Gasteiger partial charge is 0.466 e. The Morgan fingerprint density at radius 3 is 2.43 bits per heavy atom. The van der Waals surface area contributed by atoms with E-state index in [2.05, 4.69) is 10.4 Å². The molecule has 30 heavy (non-hydrogen) atoms. The van der Waals surface area contributed by atoms with E-state index in [0.717, 1.165) is 5.69 Å². The lowest BCUT2D eigenvalue weighted by atomic mass is 9.97. The van der Waals surface area contributed by atoms with Gasteiger partial charge in [-0.3, -0.25) is 14.4 Å². The molecule has 2 amide bonds. The number of para-hydroxylation sites is 1. The Morgan fingerprint density at radius 1 is 1.17 bits per heavy atom. The molecule has 0 unspecified atom stereocenters. The molecule has 1 aromatic carbocycles. The summed E-state index contributed by atoms with van der Waals surface area (Å²) in [5.74, 6) is -0.489. The van der Waals surface area contributed by atoms with Crippen molar-refractivity contribution in [2.45, 2.75) is 33.6 Å². The zero-order chi connectivity index (χ0) is 21.7. The van der Waals surface area contributed by atoms with Crippen LogP contribution in [-0.2, 0) is 14.3 Å². The van der Waals surface area contributed by atoms with Crippen molar-refractivity contribution in [1.82, 2.24) is 14.7 Å². The fourth-order valence-corrected chi connectivity index (χ4v) is 3.35. The van der Waals surface area contributed by atoms with Crippen LogP contribution in [0.15, 0.2) is 36.4 Å². The highest BCUT2D eigenvalue weighted by Crippen LogP contribution is 2.23. The Balaban J connectivity index is 1.79. The van der Waals surface area contributed by atoms with Crippen molar-refractivity contribution < 1.29 is 19.1 Å². The third-order valence-electron chi connectivity index (χ3n) is 5.11. The maximum atomic E-state index is 13.0. The van der Waals surface area contributed by atoms with Gasteiger partial charge >= 0.3 is 5.97 Å². The number of aromatic nitrogens is 2. The highest BCUT2D eigenvalue weighted by Gasteiger charge is 2.30. The number of anilines is 1. The summed E-state index contributed by atoms with van der Waals surface area (Å²) in [6, 6.07) is 10.9. The van der Waals surface area contributed by atoms with Crippen LogP contribution >= 0.6 is 0 Å². The number of likely N-dealkylation sites (tertiary alicyclic amines) is 1. The Morgan fingerprint density at radius 2 is 1.83 bits per heavy atom. The number of hydrogen-bond acceptors (Lipinski definition) is 5. The van der Waals surface area contributed by atoms with Gasteiger partial charge in [0, 0.05) is 25.1 Å². The van der Waals surface area contributed by atoms with Gasteiger partial charge in [-0.05, 0) is 31.9 Å². The summed E-state index contributed by atoms with van der Waals surface area (Å²) in [4.78, 5) is 38.9. The van der Waals surface area contributed by atoms with E-state index in [4.69, 9.17) is 4.74 Å². The van der Waals surface area contributed by atoms with Gasteiger partial charge in [-0.1, -0.05) is 32.0 Å². The fraction of sp³-hybridized carbons (Fsp3) is 0.455. The van der Waals surface area contributed by atoms with E-state index in [1.165, 1.54) is 0 Å². The van der Waals surface area contributed by atoms with Crippen molar-refractivity contribution in [3.8, 4) is 5.69 Å².